The average Bonchev–Trinajstić information content (AvgIpc) is 3.14. The third kappa shape index (κ3) is 3.87. The van der Waals surface area contributed by atoms with Crippen LogP contribution in [0.25, 0.3) is 0 Å². The third-order valence-corrected chi connectivity index (χ3v) is 4.84. The van der Waals surface area contributed by atoms with Gasteiger partial charge in [0.1, 0.15) is 6.61 Å². The summed E-state index contributed by atoms with van der Waals surface area (Å²) in [6.07, 6.45) is 2.60. The maximum Gasteiger partial charge on any atom is 0.257 e. The van der Waals surface area contributed by atoms with E-state index < -0.39 is 0 Å². The van der Waals surface area contributed by atoms with Crippen molar-refractivity contribution >= 4 is 22.4 Å². The number of benzene rings is 1. The minimum atomic E-state index is -0.181. The Bertz CT molecular complexity index is 913. The van der Waals surface area contributed by atoms with E-state index in [0.717, 1.165) is 19.5 Å². The van der Waals surface area contributed by atoms with Crippen LogP contribution in [0.15, 0.2) is 42.6 Å². The number of carbonyl (C=O) groups excluding carboxylic acids is 1. The van der Waals surface area contributed by atoms with Gasteiger partial charge in [-0.1, -0.05) is 23.5 Å². The Morgan fingerprint density at radius 3 is 3.08 bits per heavy atom. The second-order valence-electron chi connectivity index (χ2n) is 5.82. The Hall–Kier alpha value is -2.84. The van der Waals surface area contributed by atoms with Crippen LogP contribution in [-0.2, 0) is 19.6 Å². The van der Waals surface area contributed by atoms with Crippen molar-refractivity contribution in [3.05, 3.63) is 64.3 Å². The molecule has 1 aliphatic heterocycles. The monoisotopic (exact) mass is 367 g/mol. The first-order valence-corrected chi connectivity index (χ1v) is 9.10. The van der Waals surface area contributed by atoms with E-state index in [1.807, 2.05) is 30.3 Å². The van der Waals surface area contributed by atoms with Gasteiger partial charge >= 0.3 is 0 Å². The van der Waals surface area contributed by atoms with Crippen LogP contribution in [0.3, 0.4) is 0 Å². The number of pyridine rings is 1. The van der Waals surface area contributed by atoms with E-state index in [-0.39, 0.29) is 12.5 Å². The van der Waals surface area contributed by atoms with E-state index in [1.165, 1.54) is 22.5 Å². The summed E-state index contributed by atoms with van der Waals surface area (Å²) in [7, 11) is 0. The number of nitrogens with one attached hydrogen (secondary N) is 2. The summed E-state index contributed by atoms with van der Waals surface area (Å²) in [5, 5.41) is 15.3. The first-order valence-electron chi connectivity index (χ1n) is 8.28. The molecular weight excluding hydrogens is 350 g/mol. The van der Waals surface area contributed by atoms with Gasteiger partial charge in [-0.2, -0.15) is 0 Å². The van der Waals surface area contributed by atoms with Crippen molar-refractivity contribution in [3.63, 3.8) is 0 Å². The van der Waals surface area contributed by atoms with Crippen molar-refractivity contribution < 1.29 is 9.53 Å². The molecule has 0 unspecified atom stereocenters. The second kappa shape index (κ2) is 7.59. The topological polar surface area (TPSA) is 89.0 Å². The fraction of sp³-hybridized carbons (Fsp3) is 0.222. The highest BCUT2D eigenvalue weighted by Gasteiger charge is 2.14. The van der Waals surface area contributed by atoms with Crippen LogP contribution in [0.1, 0.15) is 26.5 Å². The summed E-state index contributed by atoms with van der Waals surface area (Å²) in [4.78, 5) is 16.5. The van der Waals surface area contributed by atoms with Gasteiger partial charge in [0.25, 0.3) is 5.91 Å². The largest absolute Gasteiger partial charge is 0.470 e. The van der Waals surface area contributed by atoms with Crippen molar-refractivity contribution in [2.24, 2.45) is 0 Å². The molecule has 1 aromatic carbocycles. The number of aromatic nitrogens is 3. The van der Waals surface area contributed by atoms with Gasteiger partial charge in [0.05, 0.1) is 0 Å². The van der Waals surface area contributed by atoms with E-state index in [0.29, 0.717) is 21.6 Å². The lowest BCUT2D eigenvalue weighted by Crippen LogP contribution is -2.24. The highest BCUT2D eigenvalue weighted by atomic mass is 32.1. The lowest BCUT2D eigenvalue weighted by atomic mass is 9.98. The van der Waals surface area contributed by atoms with Crippen LogP contribution in [0.2, 0.25) is 0 Å². The highest BCUT2D eigenvalue weighted by molar-refractivity contribution is 7.15. The number of fused-ring (bicyclic) bond motifs is 1. The van der Waals surface area contributed by atoms with Gasteiger partial charge < -0.3 is 10.1 Å². The number of hydrogen-bond acceptors (Lipinski definition) is 7. The molecule has 26 heavy (non-hydrogen) atoms. The molecule has 1 aliphatic rings. The molecule has 0 fully saturated rings. The second-order valence-corrected chi connectivity index (χ2v) is 6.88. The number of amides is 1. The van der Waals surface area contributed by atoms with E-state index in [2.05, 4.69) is 25.8 Å². The van der Waals surface area contributed by atoms with Crippen LogP contribution in [-0.4, -0.2) is 27.6 Å². The Morgan fingerprint density at radius 2 is 2.19 bits per heavy atom. The highest BCUT2D eigenvalue weighted by Crippen LogP contribution is 2.20. The summed E-state index contributed by atoms with van der Waals surface area (Å²) in [6, 6.07) is 11.2. The fourth-order valence-electron chi connectivity index (χ4n) is 2.72. The van der Waals surface area contributed by atoms with Gasteiger partial charge in [-0.15, -0.1) is 10.2 Å². The molecule has 0 saturated carbocycles. The first-order chi connectivity index (χ1) is 12.8. The van der Waals surface area contributed by atoms with Gasteiger partial charge in [-0.05, 0) is 42.3 Å². The molecule has 2 aromatic heterocycles. The Labute approximate surface area is 154 Å². The molecule has 0 spiro atoms. The molecule has 0 aliphatic carbocycles. The molecule has 2 N–H and O–H groups in total. The lowest BCUT2D eigenvalue weighted by molar-refractivity contribution is 0.102. The summed E-state index contributed by atoms with van der Waals surface area (Å²) >= 11 is 1.29. The molecule has 8 heteroatoms. The Morgan fingerprint density at radius 1 is 1.23 bits per heavy atom. The molecular formula is C18H17N5O2S. The molecule has 7 nitrogen and oxygen atoms in total. The third-order valence-electron chi connectivity index (χ3n) is 4.02. The number of rotatable bonds is 5. The van der Waals surface area contributed by atoms with Crippen molar-refractivity contribution in [2.75, 3.05) is 11.9 Å². The number of nitrogens with zero attached hydrogens (tertiary/aromatic N) is 3. The Balaban J connectivity index is 1.38. The normalized spacial score (nSPS) is 13.1. The van der Waals surface area contributed by atoms with Crippen LogP contribution in [0.5, 0.6) is 5.88 Å². The van der Waals surface area contributed by atoms with Crippen molar-refractivity contribution in [1.82, 2.24) is 20.5 Å². The number of hydrogen-bond donors (Lipinski definition) is 2. The molecule has 0 radical (unpaired) electrons. The minimum Gasteiger partial charge on any atom is -0.470 e. The molecule has 0 atom stereocenters. The van der Waals surface area contributed by atoms with E-state index in [4.69, 9.17) is 4.74 Å². The van der Waals surface area contributed by atoms with Gasteiger partial charge in [-0.25, -0.2) is 4.98 Å². The summed E-state index contributed by atoms with van der Waals surface area (Å²) in [5.41, 5.74) is 3.10. The quantitative estimate of drug-likeness (QED) is 0.720. The van der Waals surface area contributed by atoms with Crippen LogP contribution in [0.4, 0.5) is 5.13 Å². The number of ether oxygens (including phenoxy) is 1. The van der Waals surface area contributed by atoms with Gasteiger partial charge in [-0.3, -0.25) is 10.1 Å². The van der Waals surface area contributed by atoms with Crippen molar-refractivity contribution in [2.45, 2.75) is 19.6 Å². The van der Waals surface area contributed by atoms with Crippen molar-refractivity contribution in [3.8, 4) is 5.88 Å². The van der Waals surface area contributed by atoms with E-state index in [1.54, 1.807) is 12.3 Å². The summed E-state index contributed by atoms with van der Waals surface area (Å²) in [6.45, 7) is 2.05. The van der Waals surface area contributed by atoms with Gasteiger partial charge in [0, 0.05) is 24.4 Å². The standard InChI is InChI=1S/C18H17N5O2S/c24-17(13-4-5-14-10-19-8-6-12(14)9-13)21-18-23-22-16(26-18)11-25-15-3-1-2-7-20-15/h1-5,7,9,19H,6,8,10-11H2,(H,21,23,24). The van der Waals surface area contributed by atoms with Crippen LogP contribution < -0.4 is 15.4 Å². The summed E-state index contributed by atoms with van der Waals surface area (Å²) < 4.78 is 5.54. The molecule has 1 amide bonds. The van der Waals surface area contributed by atoms with Crippen LogP contribution in [0, 0.1) is 0 Å². The Kier molecular flexibility index (Phi) is 4.85. The zero-order valence-corrected chi connectivity index (χ0v) is 14.8. The van der Waals surface area contributed by atoms with Crippen LogP contribution >= 0.6 is 11.3 Å². The summed E-state index contributed by atoms with van der Waals surface area (Å²) in [5.74, 6) is 0.344. The first kappa shape index (κ1) is 16.6. The molecule has 0 saturated heterocycles. The van der Waals surface area contributed by atoms with E-state index in [9.17, 15) is 4.79 Å². The maximum absolute atomic E-state index is 12.5. The SMILES string of the molecule is O=C(Nc1nnc(COc2ccccn2)s1)c1ccc2c(c1)CCNC2. The lowest BCUT2D eigenvalue weighted by Gasteiger charge is -2.17. The van der Waals surface area contributed by atoms with E-state index >= 15 is 0 Å². The number of anilines is 1. The zero-order valence-electron chi connectivity index (χ0n) is 13.9. The van der Waals surface area contributed by atoms with Gasteiger partial charge in [0.15, 0.2) is 5.01 Å². The molecule has 3 heterocycles. The molecule has 0 bridgehead atoms. The van der Waals surface area contributed by atoms with Crippen molar-refractivity contribution in [1.29, 1.82) is 0 Å². The predicted octanol–water partition coefficient (Wildman–Crippen LogP) is 2.41. The number of carbonyl (C=O) groups is 1. The molecule has 3 aromatic rings. The maximum atomic E-state index is 12.5. The smallest absolute Gasteiger partial charge is 0.257 e. The van der Waals surface area contributed by atoms with Gasteiger partial charge in [0.2, 0.25) is 11.0 Å². The fourth-order valence-corrected chi connectivity index (χ4v) is 3.37. The molecule has 132 valence electrons. The minimum absolute atomic E-state index is 0.181. The average molecular weight is 367 g/mol. The molecule has 4 rings (SSSR count). The zero-order chi connectivity index (χ0) is 17.8. The predicted molar refractivity (Wildman–Crippen MR) is 98.3 cm³/mol.